The number of nitrogens with one attached hydrogen (secondary N) is 1. The van der Waals surface area contributed by atoms with Gasteiger partial charge in [-0.05, 0) is 19.1 Å². The Morgan fingerprint density at radius 2 is 2.25 bits per heavy atom. The van der Waals surface area contributed by atoms with Gasteiger partial charge in [0.05, 0.1) is 16.9 Å². The van der Waals surface area contributed by atoms with Gasteiger partial charge >= 0.3 is 0 Å². The van der Waals surface area contributed by atoms with E-state index in [4.69, 9.17) is 10.2 Å². The third-order valence-electron chi connectivity index (χ3n) is 2.50. The quantitative estimate of drug-likeness (QED) is 0.608. The SMILES string of the molecule is Cc1ncoc1-c1nc2c(N)cccc2[nH]1. The van der Waals surface area contributed by atoms with Crippen molar-refractivity contribution < 1.29 is 4.42 Å². The summed E-state index contributed by atoms with van der Waals surface area (Å²) in [6.45, 7) is 1.87. The summed E-state index contributed by atoms with van der Waals surface area (Å²) in [6, 6.07) is 5.63. The molecule has 2 heterocycles. The van der Waals surface area contributed by atoms with Gasteiger partial charge in [-0.2, -0.15) is 0 Å². The van der Waals surface area contributed by atoms with Crippen molar-refractivity contribution in [2.75, 3.05) is 5.73 Å². The maximum absolute atomic E-state index is 5.83. The first-order chi connectivity index (χ1) is 7.75. The van der Waals surface area contributed by atoms with E-state index in [0.717, 1.165) is 16.7 Å². The molecule has 0 spiro atoms. The van der Waals surface area contributed by atoms with Crippen molar-refractivity contribution in [1.82, 2.24) is 15.0 Å². The van der Waals surface area contributed by atoms with Crippen molar-refractivity contribution in [3.05, 3.63) is 30.3 Å². The van der Waals surface area contributed by atoms with Gasteiger partial charge in [-0.3, -0.25) is 0 Å². The van der Waals surface area contributed by atoms with Crippen LogP contribution in [0.1, 0.15) is 5.69 Å². The van der Waals surface area contributed by atoms with Crippen molar-refractivity contribution in [3.63, 3.8) is 0 Å². The van der Waals surface area contributed by atoms with Crippen LogP contribution in [0.3, 0.4) is 0 Å². The minimum Gasteiger partial charge on any atom is -0.440 e. The van der Waals surface area contributed by atoms with Crippen LogP contribution in [0.4, 0.5) is 5.69 Å². The number of hydrogen-bond acceptors (Lipinski definition) is 4. The number of para-hydroxylation sites is 1. The summed E-state index contributed by atoms with van der Waals surface area (Å²) in [5, 5.41) is 0. The van der Waals surface area contributed by atoms with E-state index in [1.807, 2.05) is 25.1 Å². The standard InChI is InChI=1S/C11H10N4O/c1-6-10(16-5-13-6)11-14-8-4-2-3-7(12)9(8)15-11/h2-5H,12H2,1H3,(H,14,15). The van der Waals surface area contributed by atoms with Gasteiger partial charge in [0.25, 0.3) is 0 Å². The lowest BCUT2D eigenvalue weighted by atomic mass is 10.3. The second-order valence-corrected chi connectivity index (χ2v) is 3.60. The molecule has 2 aromatic heterocycles. The van der Waals surface area contributed by atoms with Crippen molar-refractivity contribution in [2.45, 2.75) is 6.92 Å². The number of aryl methyl sites for hydroxylation is 1. The molecule has 0 fully saturated rings. The largest absolute Gasteiger partial charge is 0.440 e. The van der Waals surface area contributed by atoms with Gasteiger partial charge in [-0.15, -0.1) is 0 Å². The number of aromatic amines is 1. The minimum absolute atomic E-state index is 0.649. The van der Waals surface area contributed by atoms with Crippen molar-refractivity contribution in [3.8, 4) is 11.6 Å². The van der Waals surface area contributed by atoms with E-state index in [0.29, 0.717) is 17.3 Å². The zero-order chi connectivity index (χ0) is 11.1. The Morgan fingerprint density at radius 3 is 2.94 bits per heavy atom. The zero-order valence-corrected chi connectivity index (χ0v) is 8.69. The fourth-order valence-corrected chi connectivity index (χ4v) is 1.69. The second-order valence-electron chi connectivity index (χ2n) is 3.60. The average molecular weight is 214 g/mol. The summed E-state index contributed by atoms with van der Waals surface area (Å²) in [5.74, 6) is 1.30. The Kier molecular flexibility index (Phi) is 1.73. The van der Waals surface area contributed by atoms with Gasteiger partial charge in [-0.25, -0.2) is 9.97 Å². The van der Waals surface area contributed by atoms with Gasteiger partial charge in [-0.1, -0.05) is 6.07 Å². The van der Waals surface area contributed by atoms with Gasteiger partial charge in [0, 0.05) is 0 Å². The molecule has 0 unspecified atom stereocenters. The number of fused-ring (bicyclic) bond motifs is 1. The first-order valence-corrected chi connectivity index (χ1v) is 4.90. The molecule has 0 saturated heterocycles. The number of imidazole rings is 1. The summed E-state index contributed by atoms with van der Waals surface area (Å²) in [4.78, 5) is 11.6. The molecule has 0 aliphatic heterocycles. The predicted octanol–water partition coefficient (Wildman–Crippen LogP) is 2.11. The molecule has 0 bridgehead atoms. The van der Waals surface area contributed by atoms with Gasteiger partial charge in [0.1, 0.15) is 5.52 Å². The molecular formula is C11H10N4O. The fourth-order valence-electron chi connectivity index (χ4n) is 1.69. The molecule has 1 aromatic carbocycles. The highest BCUT2D eigenvalue weighted by molar-refractivity contribution is 5.88. The Bertz CT molecular complexity index is 653. The maximum Gasteiger partial charge on any atom is 0.192 e. The summed E-state index contributed by atoms with van der Waals surface area (Å²) < 4.78 is 5.27. The number of benzene rings is 1. The molecule has 0 saturated carbocycles. The van der Waals surface area contributed by atoms with Gasteiger partial charge in [0.15, 0.2) is 18.0 Å². The van der Waals surface area contributed by atoms with Gasteiger partial charge < -0.3 is 15.1 Å². The van der Waals surface area contributed by atoms with E-state index in [1.54, 1.807) is 0 Å². The number of rotatable bonds is 1. The lowest BCUT2D eigenvalue weighted by molar-refractivity contribution is 0.567. The average Bonchev–Trinajstić information content (AvgIpc) is 2.84. The number of nitrogen functional groups attached to an aromatic ring is 1. The van der Waals surface area contributed by atoms with E-state index in [-0.39, 0.29) is 0 Å². The molecule has 3 N–H and O–H groups in total. The van der Waals surface area contributed by atoms with Crippen LogP contribution in [0.5, 0.6) is 0 Å². The molecule has 3 rings (SSSR count). The lowest BCUT2D eigenvalue weighted by Gasteiger charge is -1.90. The van der Waals surface area contributed by atoms with Crippen LogP contribution in [0.2, 0.25) is 0 Å². The molecule has 0 amide bonds. The third-order valence-corrected chi connectivity index (χ3v) is 2.50. The predicted molar refractivity (Wildman–Crippen MR) is 60.7 cm³/mol. The van der Waals surface area contributed by atoms with Crippen LogP contribution in [-0.4, -0.2) is 15.0 Å². The Labute approximate surface area is 91.3 Å². The van der Waals surface area contributed by atoms with Crippen LogP contribution < -0.4 is 5.73 Å². The van der Waals surface area contributed by atoms with Gasteiger partial charge in [0.2, 0.25) is 0 Å². The van der Waals surface area contributed by atoms with Crippen LogP contribution >= 0.6 is 0 Å². The van der Waals surface area contributed by atoms with E-state index in [9.17, 15) is 0 Å². The molecule has 3 aromatic rings. The molecule has 0 atom stereocenters. The van der Waals surface area contributed by atoms with E-state index in [2.05, 4.69) is 15.0 Å². The molecular weight excluding hydrogens is 204 g/mol. The number of nitrogens with two attached hydrogens (primary N) is 1. The number of oxazole rings is 1. The minimum atomic E-state index is 0.649. The first kappa shape index (κ1) is 8.96. The molecule has 0 aliphatic rings. The van der Waals surface area contributed by atoms with E-state index >= 15 is 0 Å². The normalized spacial score (nSPS) is 11.1. The van der Waals surface area contributed by atoms with Crippen LogP contribution in [0.15, 0.2) is 29.0 Å². The van der Waals surface area contributed by atoms with Crippen molar-refractivity contribution >= 4 is 16.7 Å². The third kappa shape index (κ3) is 1.18. The highest BCUT2D eigenvalue weighted by Gasteiger charge is 2.12. The molecule has 5 heteroatoms. The Morgan fingerprint density at radius 1 is 1.38 bits per heavy atom. The van der Waals surface area contributed by atoms with Crippen molar-refractivity contribution in [1.29, 1.82) is 0 Å². The topological polar surface area (TPSA) is 80.7 Å². The smallest absolute Gasteiger partial charge is 0.192 e. The van der Waals surface area contributed by atoms with Crippen LogP contribution in [0, 0.1) is 6.92 Å². The Balaban J connectivity index is 2.27. The number of nitrogens with zero attached hydrogens (tertiary/aromatic N) is 2. The highest BCUT2D eigenvalue weighted by atomic mass is 16.3. The number of hydrogen-bond donors (Lipinski definition) is 2. The summed E-state index contributed by atoms with van der Waals surface area (Å²) >= 11 is 0. The van der Waals surface area contributed by atoms with E-state index < -0.39 is 0 Å². The monoisotopic (exact) mass is 214 g/mol. The number of aromatic nitrogens is 3. The number of anilines is 1. The fraction of sp³-hybridized carbons (Fsp3) is 0.0909. The number of H-pyrrole nitrogens is 1. The summed E-state index contributed by atoms with van der Waals surface area (Å²) in [6.07, 6.45) is 1.40. The lowest BCUT2D eigenvalue weighted by Crippen LogP contribution is -1.85. The zero-order valence-electron chi connectivity index (χ0n) is 8.69. The molecule has 80 valence electrons. The molecule has 5 nitrogen and oxygen atoms in total. The summed E-state index contributed by atoms with van der Waals surface area (Å²) in [7, 11) is 0. The van der Waals surface area contributed by atoms with E-state index in [1.165, 1.54) is 6.39 Å². The van der Waals surface area contributed by atoms with Crippen LogP contribution in [-0.2, 0) is 0 Å². The summed E-state index contributed by atoms with van der Waals surface area (Å²) in [5.41, 5.74) is 8.94. The van der Waals surface area contributed by atoms with Crippen LogP contribution in [0.25, 0.3) is 22.6 Å². The molecule has 0 aliphatic carbocycles. The molecule has 0 radical (unpaired) electrons. The second kappa shape index (κ2) is 3.10. The Hall–Kier alpha value is -2.30. The van der Waals surface area contributed by atoms with Crippen molar-refractivity contribution in [2.24, 2.45) is 0 Å². The molecule has 16 heavy (non-hydrogen) atoms. The highest BCUT2D eigenvalue weighted by Crippen LogP contribution is 2.25. The maximum atomic E-state index is 5.83. The first-order valence-electron chi connectivity index (χ1n) is 4.90.